The standard InChI is InChI=1S/C13H14N4O4/c1-3-11-12(7(2)21-16-11)15-13(18)9-6-8(17(19)20)4-5-10(9)14/h4-6H,3,14H2,1-2H3,(H,15,18). The van der Waals surface area contributed by atoms with Gasteiger partial charge in [-0.25, -0.2) is 0 Å². The number of nitrogens with one attached hydrogen (secondary N) is 1. The number of non-ortho nitro benzene ring substituents is 1. The fourth-order valence-corrected chi connectivity index (χ4v) is 1.85. The average Bonchev–Trinajstić information content (AvgIpc) is 2.79. The van der Waals surface area contributed by atoms with Crippen molar-refractivity contribution in [2.45, 2.75) is 20.3 Å². The summed E-state index contributed by atoms with van der Waals surface area (Å²) in [6.45, 7) is 3.53. The van der Waals surface area contributed by atoms with Crippen molar-refractivity contribution in [2.75, 3.05) is 11.1 Å². The molecule has 2 aromatic rings. The molecule has 21 heavy (non-hydrogen) atoms. The molecule has 8 heteroatoms. The van der Waals surface area contributed by atoms with Gasteiger partial charge in [0.25, 0.3) is 11.6 Å². The minimum absolute atomic E-state index is 0.0341. The van der Waals surface area contributed by atoms with Gasteiger partial charge in [0.05, 0.1) is 10.5 Å². The predicted molar refractivity (Wildman–Crippen MR) is 76.1 cm³/mol. The third-order valence-corrected chi connectivity index (χ3v) is 3.00. The Kier molecular flexibility index (Phi) is 3.88. The quantitative estimate of drug-likeness (QED) is 0.505. The van der Waals surface area contributed by atoms with Gasteiger partial charge in [-0.1, -0.05) is 12.1 Å². The number of aromatic nitrogens is 1. The van der Waals surface area contributed by atoms with Gasteiger partial charge in [0.2, 0.25) is 0 Å². The van der Waals surface area contributed by atoms with Gasteiger partial charge in [-0.15, -0.1) is 0 Å². The normalized spacial score (nSPS) is 10.4. The molecule has 2 rings (SSSR count). The summed E-state index contributed by atoms with van der Waals surface area (Å²) in [5.41, 5.74) is 6.76. The number of carbonyl (C=O) groups excluding carboxylic acids is 1. The highest BCUT2D eigenvalue weighted by molar-refractivity contribution is 6.08. The molecule has 1 heterocycles. The second-order valence-corrected chi connectivity index (χ2v) is 4.40. The molecule has 0 fully saturated rings. The van der Waals surface area contributed by atoms with E-state index in [2.05, 4.69) is 10.5 Å². The molecule has 3 N–H and O–H groups in total. The lowest BCUT2D eigenvalue weighted by atomic mass is 10.1. The molecular formula is C13H14N4O4. The van der Waals surface area contributed by atoms with Crippen molar-refractivity contribution >= 4 is 23.0 Å². The summed E-state index contributed by atoms with van der Waals surface area (Å²) in [6.07, 6.45) is 0.581. The first kappa shape index (κ1) is 14.5. The van der Waals surface area contributed by atoms with E-state index in [-0.39, 0.29) is 16.9 Å². The minimum atomic E-state index is -0.585. The van der Waals surface area contributed by atoms with Crippen LogP contribution in [0.2, 0.25) is 0 Å². The van der Waals surface area contributed by atoms with Crippen LogP contribution < -0.4 is 11.1 Å². The molecule has 0 bridgehead atoms. The monoisotopic (exact) mass is 290 g/mol. The van der Waals surface area contributed by atoms with Crippen molar-refractivity contribution in [3.63, 3.8) is 0 Å². The molecule has 1 aromatic heterocycles. The molecule has 0 saturated heterocycles. The van der Waals surface area contributed by atoms with Crippen LogP contribution >= 0.6 is 0 Å². The second-order valence-electron chi connectivity index (χ2n) is 4.40. The summed E-state index contributed by atoms with van der Waals surface area (Å²) in [5, 5.41) is 17.2. The van der Waals surface area contributed by atoms with Crippen LogP contribution in [0.1, 0.15) is 28.7 Å². The van der Waals surface area contributed by atoms with Crippen LogP contribution in [-0.2, 0) is 6.42 Å². The molecule has 0 atom stereocenters. The summed E-state index contributed by atoms with van der Waals surface area (Å²) < 4.78 is 5.01. The van der Waals surface area contributed by atoms with Gasteiger partial charge in [-0.2, -0.15) is 0 Å². The number of nitro groups is 1. The molecule has 110 valence electrons. The van der Waals surface area contributed by atoms with E-state index in [1.807, 2.05) is 6.92 Å². The highest BCUT2D eigenvalue weighted by Crippen LogP contribution is 2.24. The summed E-state index contributed by atoms with van der Waals surface area (Å²) in [4.78, 5) is 22.4. The average molecular weight is 290 g/mol. The third-order valence-electron chi connectivity index (χ3n) is 3.00. The number of benzene rings is 1. The van der Waals surface area contributed by atoms with Gasteiger partial charge >= 0.3 is 0 Å². The van der Waals surface area contributed by atoms with Gasteiger partial charge in [-0.05, 0) is 19.4 Å². The van der Waals surface area contributed by atoms with Gasteiger partial charge in [-0.3, -0.25) is 14.9 Å². The number of hydrogen-bond acceptors (Lipinski definition) is 6. The largest absolute Gasteiger partial charge is 0.398 e. The van der Waals surface area contributed by atoms with Crippen LogP contribution in [0.3, 0.4) is 0 Å². The maximum absolute atomic E-state index is 12.2. The number of aryl methyl sites for hydroxylation is 2. The fraction of sp³-hybridized carbons (Fsp3) is 0.231. The van der Waals surface area contributed by atoms with Crippen molar-refractivity contribution in [2.24, 2.45) is 0 Å². The van der Waals surface area contributed by atoms with Crippen LogP contribution in [0.25, 0.3) is 0 Å². The van der Waals surface area contributed by atoms with Gasteiger partial charge < -0.3 is 15.6 Å². The number of carbonyl (C=O) groups is 1. The van der Waals surface area contributed by atoms with E-state index in [0.717, 1.165) is 6.07 Å². The first-order valence-corrected chi connectivity index (χ1v) is 6.24. The Hall–Kier alpha value is -2.90. The lowest BCUT2D eigenvalue weighted by molar-refractivity contribution is -0.384. The van der Waals surface area contributed by atoms with Crippen LogP contribution in [0.5, 0.6) is 0 Å². The Bertz CT molecular complexity index is 708. The Balaban J connectivity index is 2.34. The molecule has 0 unspecified atom stereocenters. The third kappa shape index (κ3) is 2.83. The minimum Gasteiger partial charge on any atom is -0.398 e. The number of nitrogen functional groups attached to an aromatic ring is 1. The lowest BCUT2D eigenvalue weighted by Gasteiger charge is -2.07. The molecule has 1 amide bonds. The lowest BCUT2D eigenvalue weighted by Crippen LogP contribution is -2.15. The van der Waals surface area contributed by atoms with Crippen LogP contribution in [0.4, 0.5) is 17.1 Å². The SMILES string of the molecule is CCc1noc(C)c1NC(=O)c1cc([N+](=O)[O-])ccc1N. The van der Waals surface area contributed by atoms with Gasteiger partial charge in [0.15, 0.2) is 5.76 Å². The van der Waals surface area contributed by atoms with Crippen molar-refractivity contribution < 1.29 is 14.2 Å². The van der Waals surface area contributed by atoms with E-state index < -0.39 is 10.8 Å². The van der Waals surface area contributed by atoms with Gasteiger partial charge in [0.1, 0.15) is 11.4 Å². The zero-order chi connectivity index (χ0) is 15.6. The summed E-state index contributed by atoms with van der Waals surface area (Å²) in [5.74, 6) is -0.0820. The molecule has 0 aliphatic rings. The maximum atomic E-state index is 12.2. The number of hydrogen-bond donors (Lipinski definition) is 2. The molecule has 8 nitrogen and oxygen atoms in total. The van der Waals surface area contributed by atoms with Crippen molar-refractivity contribution in [3.8, 4) is 0 Å². The number of nitrogens with zero attached hydrogens (tertiary/aromatic N) is 2. The maximum Gasteiger partial charge on any atom is 0.270 e. The number of nitro benzene ring substituents is 1. The van der Waals surface area contributed by atoms with E-state index in [1.165, 1.54) is 12.1 Å². The van der Waals surface area contributed by atoms with Crippen LogP contribution in [-0.4, -0.2) is 16.0 Å². The Labute approximate surface area is 120 Å². The molecule has 0 aliphatic heterocycles. The summed E-state index contributed by atoms with van der Waals surface area (Å²) >= 11 is 0. The predicted octanol–water partition coefficient (Wildman–Crippen LogP) is 2.29. The van der Waals surface area contributed by atoms with Crippen molar-refractivity contribution in [1.82, 2.24) is 5.16 Å². The Morgan fingerprint density at radius 2 is 2.24 bits per heavy atom. The van der Waals surface area contributed by atoms with E-state index in [1.54, 1.807) is 6.92 Å². The topological polar surface area (TPSA) is 124 Å². The summed E-state index contributed by atoms with van der Waals surface area (Å²) in [7, 11) is 0. The molecule has 0 aliphatic carbocycles. The van der Waals surface area contributed by atoms with Crippen LogP contribution in [0, 0.1) is 17.0 Å². The second kappa shape index (κ2) is 5.61. The highest BCUT2D eigenvalue weighted by atomic mass is 16.6. The molecule has 0 saturated carbocycles. The smallest absolute Gasteiger partial charge is 0.270 e. The van der Waals surface area contributed by atoms with Gasteiger partial charge in [0, 0.05) is 17.8 Å². The van der Waals surface area contributed by atoms with Crippen molar-refractivity contribution in [3.05, 3.63) is 45.3 Å². The molecule has 0 spiro atoms. The first-order chi connectivity index (χ1) is 9.93. The molecular weight excluding hydrogens is 276 g/mol. The van der Waals surface area contributed by atoms with E-state index in [9.17, 15) is 14.9 Å². The van der Waals surface area contributed by atoms with E-state index in [4.69, 9.17) is 10.3 Å². The zero-order valence-electron chi connectivity index (χ0n) is 11.5. The Morgan fingerprint density at radius 3 is 2.86 bits per heavy atom. The number of nitrogens with two attached hydrogens (primary N) is 1. The van der Waals surface area contributed by atoms with E-state index in [0.29, 0.717) is 23.6 Å². The van der Waals surface area contributed by atoms with Crippen LogP contribution in [0.15, 0.2) is 22.7 Å². The number of anilines is 2. The number of rotatable bonds is 4. The molecule has 1 aromatic carbocycles. The Morgan fingerprint density at radius 1 is 1.52 bits per heavy atom. The fourth-order valence-electron chi connectivity index (χ4n) is 1.85. The summed E-state index contributed by atoms with van der Waals surface area (Å²) in [6, 6.07) is 3.71. The molecule has 0 radical (unpaired) electrons. The number of amides is 1. The van der Waals surface area contributed by atoms with E-state index >= 15 is 0 Å². The zero-order valence-corrected chi connectivity index (χ0v) is 11.5. The first-order valence-electron chi connectivity index (χ1n) is 6.24. The highest BCUT2D eigenvalue weighted by Gasteiger charge is 2.19. The van der Waals surface area contributed by atoms with Crippen molar-refractivity contribution in [1.29, 1.82) is 0 Å².